The Bertz CT molecular complexity index is 250. The van der Waals surface area contributed by atoms with E-state index < -0.39 is 0 Å². The molecule has 0 atom stereocenters. The van der Waals surface area contributed by atoms with E-state index in [2.05, 4.69) is 6.92 Å². The molecule has 2 saturated carbocycles. The van der Waals surface area contributed by atoms with Crippen LogP contribution in [0.15, 0.2) is 0 Å². The molecule has 0 amide bonds. The average Bonchev–Trinajstić information content (AvgIpc) is 2.54. The molecule has 0 unspecified atom stereocenters. The quantitative estimate of drug-likeness (QED) is 0.322. The summed E-state index contributed by atoms with van der Waals surface area (Å²) in [5, 5.41) is 0. The van der Waals surface area contributed by atoms with Crippen molar-refractivity contribution in [1.29, 1.82) is 0 Å². The Labute approximate surface area is 131 Å². The highest BCUT2D eigenvalue weighted by atomic mass is 17.2. The van der Waals surface area contributed by atoms with Gasteiger partial charge in [-0.1, -0.05) is 45.4 Å². The molecule has 2 nitrogen and oxygen atoms in total. The van der Waals surface area contributed by atoms with Crippen LogP contribution in [-0.2, 0) is 9.78 Å². The fourth-order valence-electron chi connectivity index (χ4n) is 4.62. The highest BCUT2D eigenvalue weighted by molar-refractivity contribution is 4.82. The Morgan fingerprint density at radius 1 is 0.762 bits per heavy atom. The maximum Gasteiger partial charge on any atom is 0.0850 e. The van der Waals surface area contributed by atoms with Crippen LogP contribution >= 0.6 is 0 Å². The lowest BCUT2D eigenvalue weighted by atomic mass is 9.69. The number of hydrogen-bond acceptors (Lipinski definition) is 2. The molecule has 0 aromatic rings. The summed E-state index contributed by atoms with van der Waals surface area (Å²) >= 11 is 0. The van der Waals surface area contributed by atoms with E-state index in [0.29, 0.717) is 0 Å². The van der Waals surface area contributed by atoms with Crippen LogP contribution < -0.4 is 0 Å². The van der Waals surface area contributed by atoms with Crippen molar-refractivity contribution >= 4 is 0 Å². The van der Waals surface area contributed by atoms with Gasteiger partial charge in [0.15, 0.2) is 0 Å². The average molecular weight is 296 g/mol. The topological polar surface area (TPSA) is 18.5 Å². The molecule has 0 saturated heterocycles. The van der Waals surface area contributed by atoms with Gasteiger partial charge in [-0.15, -0.1) is 0 Å². The third-order valence-electron chi connectivity index (χ3n) is 6.09. The lowest BCUT2D eigenvalue weighted by Crippen LogP contribution is -2.27. The molecular formula is C19H36O2. The van der Waals surface area contributed by atoms with Gasteiger partial charge in [-0.2, -0.15) is 0 Å². The van der Waals surface area contributed by atoms with Crippen LogP contribution in [-0.4, -0.2) is 13.7 Å². The Morgan fingerprint density at radius 3 is 1.86 bits per heavy atom. The van der Waals surface area contributed by atoms with Crippen LogP contribution in [0.4, 0.5) is 0 Å². The summed E-state index contributed by atoms with van der Waals surface area (Å²) in [4.78, 5) is 9.85. The van der Waals surface area contributed by atoms with Gasteiger partial charge in [0.25, 0.3) is 0 Å². The molecule has 0 bridgehead atoms. The molecule has 0 N–H and O–H groups in total. The first-order valence-electron chi connectivity index (χ1n) is 9.49. The number of unbranched alkanes of at least 4 members (excludes halogenated alkanes) is 2. The number of hydrogen-bond donors (Lipinski definition) is 0. The summed E-state index contributed by atoms with van der Waals surface area (Å²) in [6, 6.07) is 0. The molecule has 0 radical (unpaired) electrons. The third kappa shape index (κ3) is 5.90. The molecule has 0 heterocycles. The molecule has 0 aliphatic heterocycles. The predicted octanol–water partition coefficient (Wildman–Crippen LogP) is 5.76. The van der Waals surface area contributed by atoms with Gasteiger partial charge in [0.2, 0.25) is 0 Å². The van der Waals surface area contributed by atoms with E-state index in [1.165, 1.54) is 77.0 Å². The van der Waals surface area contributed by atoms with E-state index in [1.54, 1.807) is 7.11 Å². The van der Waals surface area contributed by atoms with Crippen LogP contribution in [0.2, 0.25) is 0 Å². The van der Waals surface area contributed by atoms with Gasteiger partial charge in [0, 0.05) is 0 Å². The minimum atomic E-state index is 0.742. The van der Waals surface area contributed by atoms with E-state index in [4.69, 9.17) is 9.78 Å². The van der Waals surface area contributed by atoms with Gasteiger partial charge < -0.3 is 0 Å². The van der Waals surface area contributed by atoms with Gasteiger partial charge in [-0.3, -0.25) is 0 Å². The molecule has 2 aliphatic carbocycles. The van der Waals surface area contributed by atoms with Crippen molar-refractivity contribution in [3.63, 3.8) is 0 Å². The number of rotatable bonds is 8. The molecule has 21 heavy (non-hydrogen) atoms. The summed E-state index contributed by atoms with van der Waals surface area (Å²) in [5.74, 6) is 3.85. The summed E-state index contributed by atoms with van der Waals surface area (Å²) in [6.07, 6.45) is 17.4. The highest BCUT2D eigenvalue weighted by Gasteiger charge is 2.30. The van der Waals surface area contributed by atoms with E-state index in [9.17, 15) is 0 Å². The van der Waals surface area contributed by atoms with Crippen molar-refractivity contribution < 1.29 is 9.78 Å². The molecule has 2 rings (SSSR count). The van der Waals surface area contributed by atoms with Crippen molar-refractivity contribution in [2.45, 2.75) is 84.0 Å². The molecule has 2 fully saturated rings. The minimum Gasteiger partial charge on any atom is -0.240 e. The predicted molar refractivity (Wildman–Crippen MR) is 88.0 cm³/mol. The third-order valence-corrected chi connectivity index (χ3v) is 6.09. The SMILES string of the molecule is CCCCCC1CCC(C2CCC(COOC)CC2)CC1. The van der Waals surface area contributed by atoms with Crippen molar-refractivity contribution in [1.82, 2.24) is 0 Å². The highest BCUT2D eigenvalue weighted by Crippen LogP contribution is 2.42. The smallest absolute Gasteiger partial charge is 0.0850 e. The Morgan fingerprint density at radius 2 is 1.33 bits per heavy atom. The van der Waals surface area contributed by atoms with Gasteiger partial charge in [-0.25, -0.2) is 9.78 Å². The summed E-state index contributed by atoms with van der Waals surface area (Å²) in [7, 11) is 1.62. The van der Waals surface area contributed by atoms with E-state index in [1.807, 2.05) is 0 Å². The summed E-state index contributed by atoms with van der Waals surface area (Å²) in [6.45, 7) is 3.11. The monoisotopic (exact) mass is 296 g/mol. The molecule has 0 aromatic carbocycles. The fraction of sp³-hybridized carbons (Fsp3) is 1.00. The molecular weight excluding hydrogens is 260 g/mol. The Balaban J connectivity index is 1.60. The lowest BCUT2D eigenvalue weighted by Gasteiger charge is -2.37. The second kappa shape index (κ2) is 9.84. The molecule has 2 aliphatic rings. The largest absolute Gasteiger partial charge is 0.240 e. The van der Waals surface area contributed by atoms with Crippen molar-refractivity contribution in [2.24, 2.45) is 23.7 Å². The zero-order chi connectivity index (χ0) is 14.9. The Kier molecular flexibility index (Phi) is 8.10. The van der Waals surface area contributed by atoms with Crippen molar-refractivity contribution in [2.75, 3.05) is 13.7 Å². The maximum atomic E-state index is 5.11. The van der Waals surface area contributed by atoms with E-state index in [-0.39, 0.29) is 0 Å². The van der Waals surface area contributed by atoms with Crippen LogP contribution in [0.25, 0.3) is 0 Å². The standard InChI is InChI=1S/C19H36O2/c1-3-4-5-6-16-7-11-18(12-8-16)19-13-9-17(10-14-19)15-21-20-2/h16-19H,3-15H2,1-2H3. The van der Waals surface area contributed by atoms with Crippen molar-refractivity contribution in [3.05, 3.63) is 0 Å². The fourth-order valence-corrected chi connectivity index (χ4v) is 4.62. The van der Waals surface area contributed by atoms with Crippen LogP contribution in [0.3, 0.4) is 0 Å². The second-order valence-electron chi connectivity index (χ2n) is 7.51. The first-order valence-corrected chi connectivity index (χ1v) is 9.49. The Hall–Kier alpha value is -0.0800. The van der Waals surface area contributed by atoms with Gasteiger partial charge in [-0.05, 0) is 62.2 Å². The molecule has 0 spiro atoms. The zero-order valence-corrected chi connectivity index (χ0v) is 14.3. The summed E-state index contributed by atoms with van der Waals surface area (Å²) in [5.41, 5.74) is 0. The van der Waals surface area contributed by atoms with Crippen LogP contribution in [0, 0.1) is 23.7 Å². The van der Waals surface area contributed by atoms with E-state index >= 15 is 0 Å². The molecule has 2 heteroatoms. The van der Waals surface area contributed by atoms with Gasteiger partial charge in [0.1, 0.15) is 0 Å². The molecule has 124 valence electrons. The lowest BCUT2D eigenvalue weighted by molar-refractivity contribution is -0.281. The zero-order valence-electron chi connectivity index (χ0n) is 14.3. The summed E-state index contributed by atoms with van der Waals surface area (Å²) < 4.78 is 0. The van der Waals surface area contributed by atoms with Crippen LogP contribution in [0.5, 0.6) is 0 Å². The van der Waals surface area contributed by atoms with Crippen molar-refractivity contribution in [3.8, 4) is 0 Å². The van der Waals surface area contributed by atoms with Gasteiger partial charge >= 0.3 is 0 Å². The minimum absolute atomic E-state index is 0.742. The normalized spacial score (nSPS) is 34.0. The first-order chi connectivity index (χ1) is 10.3. The first kappa shape index (κ1) is 17.3. The molecule has 0 aromatic heterocycles. The van der Waals surface area contributed by atoms with Gasteiger partial charge in [0.05, 0.1) is 13.7 Å². The van der Waals surface area contributed by atoms with E-state index in [0.717, 1.165) is 30.3 Å². The second-order valence-corrected chi connectivity index (χ2v) is 7.51. The van der Waals surface area contributed by atoms with Crippen LogP contribution in [0.1, 0.15) is 84.0 Å². The maximum absolute atomic E-state index is 5.11.